The summed E-state index contributed by atoms with van der Waals surface area (Å²) in [6.45, 7) is 4.59. The summed E-state index contributed by atoms with van der Waals surface area (Å²) < 4.78 is 7.91. The zero-order valence-electron chi connectivity index (χ0n) is 15.9. The number of hydrogen-bond acceptors (Lipinski definition) is 5. The number of nitro benzene ring substituents is 1. The zero-order valence-corrected chi connectivity index (χ0v) is 16.8. The molecular weight excluding hydrogens is 374 g/mol. The van der Waals surface area contributed by atoms with Crippen LogP contribution in [0.25, 0.3) is 11.5 Å². The summed E-state index contributed by atoms with van der Waals surface area (Å²) in [5.74, 6) is 1.90. The molecule has 1 aliphatic carbocycles. The van der Waals surface area contributed by atoms with Crippen molar-refractivity contribution in [3.8, 4) is 11.5 Å². The van der Waals surface area contributed by atoms with Crippen molar-refractivity contribution in [3.05, 3.63) is 63.0 Å². The van der Waals surface area contributed by atoms with Crippen LogP contribution >= 0.6 is 11.3 Å². The standard InChI is InChI=1S/C21H23N3O3S/c1-14-7-5-10-17(15(14)2)23-19(20-11-6-12-27-20)13-28-21(23)22-16-8-3-4-9-18(16)24(25)26/h3-4,6,8-9,11-15,17H,5,7,10H2,1-2H3. The highest BCUT2D eigenvalue weighted by Crippen LogP contribution is 2.39. The Bertz CT molecular complexity index is 1040. The van der Waals surface area contributed by atoms with Gasteiger partial charge >= 0.3 is 0 Å². The fourth-order valence-corrected chi connectivity index (χ4v) is 5.01. The van der Waals surface area contributed by atoms with Gasteiger partial charge in [0.2, 0.25) is 0 Å². The molecule has 1 fully saturated rings. The Morgan fingerprint density at radius 1 is 1.21 bits per heavy atom. The van der Waals surface area contributed by atoms with E-state index in [4.69, 9.17) is 9.41 Å². The lowest BCUT2D eigenvalue weighted by atomic mass is 9.78. The molecule has 0 spiro atoms. The van der Waals surface area contributed by atoms with Gasteiger partial charge in [-0.3, -0.25) is 10.1 Å². The minimum absolute atomic E-state index is 0.0204. The zero-order chi connectivity index (χ0) is 19.7. The van der Waals surface area contributed by atoms with Crippen LogP contribution < -0.4 is 4.80 Å². The number of nitrogens with zero attached hydrogens (tertiary/aromatic N) is 3. The van der Waals surface area contributed by atoms with Gasteiger partial charge in [0, 0.05) is 17.5 Å². The summed E-state index contributed by atoms with van der Waals surface area (Å²) in [6, 6.07) is 10.8. The Morgan fingerprint density at radius 2 is 2.04 bits per heavy atom. The molecule has 3 aromatic rings. The van der Waals surface area contributed by atoms with Crippen molar-refractivity contribution in [2.75, 3.05) is 0 Å². The first kappa shape index (κ1) is 18.7. The molecule has 2 heterocycles. The fraction of sp³-hybridized carbons (Fsp3) is 0.381. The molecule has 1 aromatic carbocycles. The number of nitro groups is 1. The molecule has 0 bridgehead atoms. The van der Waals surface area contributed by atoms with Crippen LogP contribution in [-0.2, 0) is 0 Å². The smallest absolute Gasteiger partial charge is 0.294 e. The summed E-state index contributed by atoms with van der Waals surface area (Å²) in [4.78, 5) is 16.5. The molecule has 0 saturated heterocycles. The van der Waals surface area contributed by atoms with Crippen LogP contribution in [0.3, 0.4) is 0 Å². The molecule has 3 atom stereocenters. The van der Waals surface area contributed by atoms with Crippen LogP contribution in [0.1, 0.15) is 39.2 Å². The molecule has 3 unspecified atom stereocenters. The molecule has 1 saturated carbocycles. The maximum atomic E-state index is 11.4. The third kappa shape index (κ3) is 3.42. The maximum Gasteiger partial charge on any atom is 0.294 e. The van der Waals surface area contributed by atoms with E-state index in [1.807, 2.05) is 17.5 Å². The second-order valence-corrected chi connectivity index (χ2v) is 8.28. The van der Waals surface area contributed by atoms with Gasteiger partial charge in [-0.15, -0.1) is 11.3 Å². The molecule has 4 rings (SSSR count). The van der Waals surface area contributed by atoms with Gasteiger partial charge < -0.3 is 8.98 Å². The normalized spacial score (nSPS) is 23.1. The number of furan rings is 1. The molecular formula is C21H23N3O3S. The highest BCUT2D eigenvalue weighted by molar-refractivity contribution is 7.07. The van der Waals surface area contributed by atoms with E-state index in [9.17, 15) is 10.1 Å². The molecule has 0 radical (unpaired) electrons. The van der Waals surface area contributed by atoms with Crippen molar-refractivity contribution in [2.45, 2.75) is 39.2 Å². The van der Waals surface area contributed by atoms with Crippen LogP contribution in [0.2, 0.25) is 0 Å². The Hall–Kier alpha value is -2.67. The number of aromatic nitrogens is 1. The lowest BCUT2D eigenvalue weighted by molar-refractivity contribution is -0.384. The van der Waals surface area contributed by atoms with Crippen molar-refractivity contribution in [1.29, 1.82) is 0 Å². The Morgan fingerprint density at radius 3 is 2.79 bits per heavy atom. The molecule has 0 N–H and O–H groups in total. The minimum Gasteiger partial charge on any atom is -0.463 e. The van der Waals surface area contributed by atoms with E-state index in [2.05, 4.69) is 18.4 Å². The van der Waals surface area contributed by atoms with E-state index in [-0.39, 0.29) is 16.7 Å². The Balaban J connectivity index is 1.91. The van der Waals surface area contributed by atoms with Crippen LogP contribution in [0, 0.1) is 22.0 Å². The van der Waals surface area contributed by atoms with Gasteiger partial charge in [-0.25, -0.2) is 4.99 Å². The molecule has 0 amide bonds. The van der Waals surface area contributed by atoms with Crippen LogP contribution in [0.4, 0.5) is 11.4 Å². The molecule has 6 nitrogen and oxygen atoms in total. The number of para-hydroxylation sites is 2. The van der Waals surface area contributed by atoms with Gasteiger partial charge in [-0.05, 0) is 36.5 Å². The maximum absolute atomic E-state index is 11.4. The number of benzene rings is 1. The van der Waals surface area contributed by atoms with Crippen molar-refractivity contribution in [2.24, 2.45) is 16.8 Å². The molecule has 146 valence electrons. The van der Waals surface area contributed by atoms with Crippen molar-refractivity contribution < 1.29 is 9.34 Å². The van der Waals surface area contributed by atoms with E-state index in [1.165, 1.54) is 30.2 Å². The topological polar surface area (TPSA) is 73.6 Å². The molecule has 0 aliphatic heterocycles. The van der Waals surface area contributed by atoms with Crippen LogP contribution in [-0.4, -0.2) is 9.49 Å². The van der Waals surface area contributed by atoms with Gasteiger partial charge in [0.15, 0.2) is 10.6 Å². The predicted molar refractivity (Wildman–Crippen MR) is 110 cm³/mol. The van der Waals surface area contributed by atoms with Crippen LogP contribution in [0.5, 0.6) is 0 Å². The number of rotatable bonds is 4. The van der Waals surface area contributed by atoms with Crippen molar-refractivity contribution >= 4 is 22.7 Å². The third-order valence-electron chi connectivity index (χ3n) is 5.81. The first-order chi connectivity index (χ1) is 13.6. The number of thiazole rings is 1. The quantitative estimate of drug-likeness (QED) is 0.403. The monoisotopic (exact) mass is 397 g/mol. The Kier molecular flexibility index (Phi) is 5.17. The highest BCUT2D eigenvalue weighted by Gasteiger charge is 2.31. The average Bonchev–Trinajstić information content (AvgIpc) is 3.34. The second kappa shape index (κ2) is 7.75. The van der Waals surface area contributed by atoms with E-state index in [0.717, 1.165) is 22.7 Å². The second-order valence-electron chi connectivity index (χ2n) is 7.44. The molecule has 1 aliphatic rings. The summed E-state index contributed by atoms with van der Waals surface area (Å²) in [6.07, 6.45) is 5.14. The number of hydrogen-bond donors (Lipinski definition) is 0. The first-order valence-corrected chi connectivity index (χ1v) is 10.5. The fourth-order valence-electron chi connectivity index (χ4n) is 4.06. The summed E-state index contributed by atoms with van der Waals surface area (Å²) >= 11 is 1.50. The first-order valence-electron chi connectivity index (χ1n) is 9.58. The SMILES string of the molecule is CC1CCCC(n2c(-c3ccco3)csc2=Nc2ccccc2[N+](=O)[O-])C1C. The van der Waals surface area contributed by atoms with Gasteiger partial charge in [0.05, 0.1) is 16.9 Å². The minimum atomic E-state index is -0.379. The largest absolute Gasteiger partial charge is 0.463 e. The van der Waals surface area contributed by atoms with Gasteiger partial charge in [0.1, 0.15) is 5.69 Å². The highest BCUT2D eigenvalue weighted by atomic mass is 32.1. The lowest BCUT2D eigenvalue weighted by Crippen LogP contribution is -2.32. The molecule has 7 heteroatoms. The van der Waals surface area contributed by atoms with E-state index >= 15 is 0 Å². The van der Waals surface area contributed by atoms with E-state index < -0.39 is 0 Å². The lowest BCUT2D eigenvalue weighted by Gasteiger charge is -2.35. The van der Waals surface area contributed by atoms with Crippen molar-refractivity contribution in [1.82, 2.24) is 4.57 Å². The summed E-state index contributed by atoms with van der Waals surface area (Å²) in [5, 5.41) is 13.5. The van der Waals surface area contributed by atoms with E-state index in [0.29, 0.717) is 17.5 Å². The predicted octanol–water partition coefficient (Wildman–Crippen LogP) is 5.95. The van der Waals surface area contributed by atoms with Crippen LogP contribution in [0.15, 0.2) is 57.5 Å². The van der Waals surface area contributed by atoms with E-state index in [1.54, 1.807) is 24.5 Å². The molecule has 28 heavy (non-hydrogen) atoms. The van der Waals surface area contributed by atoms with Gasteiger partial charge in [0.25, 0.3) is 5.69 Å². The van der Waals surface area contributed by atoms with Crippen molar-refractivity contribution in [3.63, 3.8) is 0 Å². The average molecular weight is 398 g/mol. The third-order valence-corrected chi connectivity index (χ3v) is 6.65. The summed E-state index contributed by atoms with van der Waals surface area (Å²) in [7, 11) is 0. The summed E-state index contributed by atoms with van der Waals surface area (Å²) in [5.41, 5.74) is 1.39. The Labute approximate surface area is 167 Å². The molecule has 2 aromatic heterocycles. The van der Waals surface area contributed by atoms with Gasteiger partial charge in [-0.2, -0.15) is 0 Å². The van der Waals surface area contributed by atoms with Gasteiger partial charge in [-0.1, -0.05) is 38.8 Å².